The molecule has 1 amide bonds. The molecule has 0 atom stereocenters. The number of methoxy groups -OCH3 is 1. The van der Waals surface area contributed by atoms with Gasteiger partial charge in [0.05, 0.1) is 18.4 Å². The molecule has 0 spiro atoms. The van der Waals surface area contributed by atoms with E-state index in [4.69, 9.17) is 4.74 Å². The maximum atomic E-state index is 12.4. The first-order valence-corrected chi connectivity index (χ1v) is 10.6. The molecule has 0 unspecified atom stereocenters. The fourth-order valence-electron chi connectivity index (χ4n) is 2.99. The highest BCUT2D eigenvalue weighted by molar-refractivity contribution is 7.99. The highest BCUT2D eigenvalue weighted by Crippen LogP contribution is 2.30. The number of hydrogen-bond acceptors (Lipinski definition) is 5. The Labute approximate surface area is 175 Å². The van der Waals surface area contributed by atoms with E-state index in [1.54, 1.807) is 7.11 Å². The molecule has 0 aliphatic rings. The first kappa shape index (κ1) is 20.9. The number of anilines is 1. The summed E-state index contributed by atoms with van der Waals surface area (Å²) in [5.74, 6) is 2.13. The average Bonchev–Trinajstić information content (AvgIpc) is 3.15. The molecule has 0 radical (unpaired) electrons. The second-order valence-electron chi connectivity index (χ2n) is 6.86. The lowest BCUT2D eigenvalue weighted by Gasteiger charge is -2.10. The number of benzene rings is 2. The predicted octanol–water partition coefficient (Wildman–Crippen LogP) is 4.83. The van der Waals surface area contributed by atoms with E-state index in [2.05, 4.69) is 29.4 Å². The fourth-order valence-corrected chi connectivity index (χ4v) is 3.79. The van der Waals surface area contributed by atoms with Crippen LogP contribution in [0, 0.1) is 0 Å². The molecule has 0 saturated carbocycles. The van der Waals surface area contributed by atoms with Gasteiger partial charge >= 0.3 is 0 Å². The van der Waals surface area contributed by atoms with Gasteiger partial charge in [-0.3, -0.25) is 4.79 Å². The molecule has 1 aromatic heterocycles. The van der Waals surface area contributed by atoms with Crippen molar-refractivity contribution in [3.05, 3.63) is 54.1 Å². The van der Waals surface area contributed by atoms with E-state index in [0.29, 0.717) is 17.6 Å². The number of aromatic nitrogens is 3. The van der Waals surface area contributed by atoms with Crippen LogP contribution in [-0.4, -0.2) is 33.5 Å². The molecule has 0 fully saturated rings. The molecule has 29 heavy (non-hydrogen) atoms. The first-order valence-electron chi connectivity index (χ1n) is 9.62. The summed E-state index contributed by atoms with van der Waals surface area (Å²) in [7, 11) is 1.64. The summed E-state index contributed by atoms with van der Waals surface area (Å²) in [6, 6.07) is 15.7. The second kappa shape index (κ2) is 9.60. The largest absolute Gasteiger partial charge is 0.496 e. The zero-order chi connectivity index (χ0) is 20.8. The van der Waals surface area contributed by atoms with Crippen molar-refractivity contribution in [1.82, 2.24) is 14.8 Å². The van der Waals surface area contributed by atoms with Crippen LogP contribution < -0.4 is 10.1 Å². The van der Waals surface area contributed by atoms with Gasteiger partial charge in [0.25, 0.3) is 0 Å². The summed E-state index contributed by atoms with van der Waals surface area (Å²) in [5.41, 5.74) is 2.93. The number of rotatable bonds is 8. The molecule has 1 N–H and O–H groups in total. The van der Waals surface area contributed by atoms with Crippen LogP contribution >= 0.6 is 11.8 Å². The van der Waals surface area contributed by atoms with Crippen molar-refractivity contribution in [2.24, 2.45) is 0 Å². The second-order valence-corrected chi connectivity index (χ2v) is 7.81. The summed E-state index contributed by atoms with van der Waals surface area (Å²) in [6.07, 6.45) is 0. The van der Waals surface area contributed by atoms with Crippen molar-refractivity contribution in [2.45, 2.75) is 38.4 Å². The van der Waals surface area contributed by atoms with Gasteiger partial charge in [0, 0.05) is 12.2 Å². The van der Waals surface area contributed by atoms with Crippen LogP contribution in [0.1, 0.15) is 32.3 Å². The number of hydrogen-bond donors (Lipinski definition) is 1. The highest BCUT2D eigenvalue weighted by atomic mass is 32.2. The molecule has 3 rings (SSSR count). The number of ether oxygens (including phenoxy) is 1. The van der Waals surface area contributed by atoms with E-state index in [9.17, 15) is 4.79 Å². The lowest BCUT2D eigenvalue weighted by atomic mass is 10.0. The number of nitrogens with one attached hydrogen (secondary N) is 1. The number of carbonyl (C=O) groups is 1. The Kier molecular flexibility index (Phi) is 6.93. The normalized spacial score (nSPS) is 10.9. The molecule has 0 aliphatic heterocycles. The van der Waals surface area contributed by atoms with Gasteiger partial charge < -0.3 is 14.6 Å². The molecule has 152 valence electrons. The molecule has 0 bridgehead atoms. The standard InChI is InChI=1S/C22H26N4O2S/c1-5-26-21(18-8-6-7-9-19(18)28-4)24-25-22(26)29-14-20(27)23-17-12-10-16(11-13-17)15(2)3/h6-13,15H,5,14H2,1-4H3,(H,23,27). The molecule has 0 saturated heterocycles. The van der Waals surface area contributed by atoms with Crippen LogP contribution in [0.15, 0.2) is 53.7 Å². The van der Waals surface area contributed by atoms with Crippen LogP contribution in [0.5, 0.6) is 5.75 Å². The summed E-state index contributed by atoms with van der Waals surface area (Å²) in [5, 5.41) is 12.3. The smallest absolute Gasteiger partial charge is 0.234 e. The van der Waals surface area contributed by atoms with Crippen LogP contribution in [0.3, 0.4) is 0 Å². The first-order chi connectivity index (χ1) is 14.0. The molecule has 2 aromatic carbocycles. The van der Waals surface area contributed by atoms with Crippen LogP contribution in [0.25, 0.3) is 11.4 Å². The van der Waals surface area contributed by atoms with E-state index in [1.165, 1.54) is 17.3 Å². The van der Waals surface area contributed by atoms with Crippen molar-refractivity contribution >= 4 is 23.4 Å². The molecule has 1 heterocycles. The van der Waals surface area contributed by atoms with Crippen LogP contribution in [0.2, 0.25) is 0 Å². The van der Waals surface area contributed by atoms with E-state index in [0.717, 1.165) is 22.8 Å². The summed E-state index contributed by atoms with van der Waals surface area (Å²) >= 11 is 1.37. The Morgan fingerprint density at radius 3 is 2.52 bits per heavy atom. The highest BCUT2D eigenvalue weighted by Gasteiger charge is 2.17. The molecule has 6 nitrogen and oxygen atoms in total. The van der Waals surface area contributed by atoms with Gasteiger partial charge in [0.1, 0.15) is 5.75 Å². The average molecular weight is 411 g/mol. The zero-order valence-corrected chi connectivity index (χ0v) is 18.0. The molecular formula is C22H26N4O2S. The predicted molar refractivity (Wildman–Crippen MR) is 118 cm³/mol. The third-order valence-electron chi connectivity index (χ3n) is 4.57. The van der Waals surface area contributed by atoms with Gasteiger partial charge in [-0.05, 0) is 42.7 Å². The number of para-hydroxylation sites is 1. The number of amides is 1. The molecule has 7 heteroatoms. The topological polar surface area (TPSA) is 69.0 Å². The number of carbonyl (C=O) groups excluding carboxylic acids is 1. The third-order valence-corrected chi connectivity index (χ3v) is 5.54. The van der Waals surface area contributed by atoms with E-state index >= 15 is 0 Å². The Balaban J connectivity index is 1.68. The van der Waals surface area contributed by atoms with Crippen LogP contribution in [-0.2, 0) is 11.3 Å². The van der Waals surface area contributed by atoms with Gasteiger partial charge in [-0.25, -0.2) is 0 Å². The van der Waals surface area contributed by atoms with Crippen molar-refractivity contribution in [3.8, 4) is 17.1 Å². The Morgan fingerprint density at radius 2 is 1.86 bits per heavy atom. The van der Waals surface area contributed by atoms with Crippen molar-refractivity contribution in [1.29, 1.82) is 0 Å². The maximum absolute atomic E-state index is 12.4. The fraction of sp³-hybridized carbons (Fsp3) is 0.318. The third kappa shape index (κ3) is 4.98. The monoisotopic (exact) mass is 410 g/mol. The minimum atomic E-state index is -0.0724. The summed E-state index contributed by atoms with van der Waals surface area (Å²) in [4.78, 5) is 12.4. The Hall–Kier alpha value is -2.80. The van der Waals surface area contributed by atoms with E-state index < -0.39 is 0 Å². The molecule has 0 aliphatic carbocycles. The Morgan fingerprint density at radius 1 is 1.14 bits per heavy atom. The van der Waals surface area contributed by atoms with Crippen molar-refractivity contribution < 1.29 is 9.53 Å². The van der Waals surface area contributed by atoms with Gasteiger partial charge in [0.15, 0.2) is 11.0 Å². The lowest BCUT2D eigenvalue weighted by molar-refractivity contribution is -0.113. The van der Waals surface area contributed by atoms with E-state index in [1.807, 2.05) is 60.0 Å². The van der Waals surface area contributed by atoms with Gasteiger partial charge in [-0.1, -0.05) is 49.9 Å². The number of nitrogens with zero attached hydrogens (tertiary/aromatic N) is 3. The minimum absolute atomic E-state index is 0.0724. The number of thioether (sulfide) groups is 1. The Bertz CT molecular complexity index is 967. The SMILES string of the molecule is CCn1c(SCC(=O)Nc2ccc(C(C)C)cc2)nnc1-c1ccccc1OC. The van der Waals surface area contributed by atoms with Crippen LogP contribution in [0.4, 0.5) is 5.69 Å². The summed E-state index contributed by atoms with van der Waals surface area (Å²) < 4.78 is 7.44. The van der Waals surface area contributed by atoms with Gasteiger partial charge in [-0.2, -0.15) is 0 Å². The summed E-state index contributed by atoms with van der Waals surface area (Å²) in [6.45, 7) is 7.02. The lowest BCUT2D eigenvalue weighted by Crippen LogP contribution is -2.14. The quantitative estimate of drug-likeness (QED) is 0.539. The minimum Gasteiger partial charge on any atom is -0.496 e. The van der Waals surface area contributed by atoms with Gasteiger partial charge in [-0.15, -0.1) is 10.2 Å². The van der Waals surface area contributed by atoms with Gasteiger partial charge in [0.2, 0.25) is 5.91 Å². The van der Waals surface area contributed by atoms with E-state index in [-0.39, 0.29) is 11.7 Å². The molecular weight excluding hydrogens is 384 g/mol. The zero-order valence-electron chi connectivity index (χ0n) is 17.2. The van der Waals surface area contributed by atoms with Crippen molar-refractivity contribution in [3.63, 3.8) is 0 Å². The molecule has 3 aromatic rings. The van der Waals surface area contributed by atoms with Crippen molar-refractivity contribution in [2.75, 3.05) is 18.2 Å². The maximum Gasteiger partial charge on any atom is 0.234 e.